The molecular weight excluding hydrogens is 425 g/mol. The van der Waals surface area contributed by atoms with E-state index < -0.39 is 27.9 Å². The molecule has 0 spiro atoms. The van der Waals surface area contributed by atoms with Crippen molar-refractivity contribution < 1.29 is 31.8 Å². The summed E-state index contributed by atoms with van der Waals surface area (Å²) in [6.45, 7) is 4.67. The van der Waals surface area contributed by atoms with E-state index in [0.29, 0.717) is 36.7 Å². The summed E-state index contributed by atoms with van der Waals surface area (Å²) in [5.41, 5.74) is 1.51. The number of ether oxygens (including phenoxy) is 3. The number of nitrogens with zero attached hydrogens (tertiary/aromatic N) is 1. The fourth-order valence-corrected chi connectivity index (χ4v) is 5.36. The van der Waals surface area contributed by atoms with Crippen molar-refractivity contribution in [2.45, 2.75) is 37.6 Å². The van der Waals surface area contributed by atoms with Crippen LogP contribution in [0.2, 0.25) is 0 Å². The topological polar surface area (TPSA) is 82.1 Å². The lowest BCUT2D eigenvalue weighted by atomic mass is 9.91. The molecule has 7 nitrogen and oxygen atoms in total. The molecule has 0 fully saturated rings. The molecule has 168 valence electrons. The second kappa shape index (κ2) is 9.65. The highest BCUT2D eigenvalue weighted by Crippen LogP contribution is 2.42. The number of rotatable bonds is 8. The number of esters is 1. The van der Waals surface area contributed by atoms with Crippen LogP contribution < -0.4 is 9.47 Å². The second-order valence-electron chi connectivity index (χ2n) is 6.98. The molecule has 1 aliphatic heterocycles. The summed E-state index contributed by atoms with van der Waals surface area (Å²) in [5, 5.41) is 0. The van der Waals surface area contributed by atoms with Crippen LogP contribution in [-0.2, 0) is 26.0 Å². The minimum Gasteiger partial charge on any atom is -0.490 e. The van der Waals surface area contributed by atoms with Crippen LogP contribution in [0, 0.1) is 5.82 Å². The molecule has 0 aliphatic carbocycles. The van der Waals surface area contributed by atoms with Gasteiger partial charge in [-0.25, -0.2) is 12.8 Å². The maximum atomic E-state index is 13.7. The van der Waals surface area contributed by atoms with E-state index in [2.05, 4.69) is 0 Å². The molecular formula is C22H26FNO6S. The molecule has 0 amide bonds. The van der Waals surface area contributed by atoms with Gasteiger partial charge in [0, 0.05) is 6.54 Å². The van der Waals surface area contributed by atoms with Crippen molar-refractivity contribution in [1.82, 2.24) is 4.31 Å². The normalized spacial score (nSPS) is 16.5. The summed E-state index contributed by atoms with van der Waals surface area (Å²) in [5.74, 6) is -0.156. The quantitative estimate of drug-likeness (QED) is 0.572. The molecule has 0 aromatic heterocycles. The summed E-state index contributed by atoms with van der Waals surface area (Å²) >= 11 is 0. The van der Waals surface area contributed by atoms with Gasteiger partial charge in [-0.3, -0.25) is 4.79 Å². The minimum absolute atomic E-state index is 0.132. The molecule has 31 heavy (non-hydrogen) atoms. The number of hydrogen-bond donors (Lipinski definition) is 0. The number of sulfonamides is 1. The van der Waals surface area contributed by atoms with E-state index >= 15 is 0 Å². The minimum atomic E-state index is -4.06. The van der Waals surface area contributed by atoms with E-state index in [1.54, 1.807) is 6.07 Å². The molecule has 1 atom stereocenters. The molecule has 0 radical (unpaired) electrons. The number of benzene rings is 2. The van der Waals surface area contributed by atoms with E-state index in [1.807, 2.05) is 19.9 Å². The highest BCUT2D eigenvalue weighted by Gasteiger charge is 2.38. The Labute approximate surface area is 181 Å². The van der Waals surface area contributed by atoms with Crippen LogP contribution >= 0.6 is 0 Å². The first-order valence-electron chi connectivity index (χ1n) is 10.1. The van der Waals surface area contributed by atoms with E-state index in [0.717, 1.165) is 11.6 Å². The molecule has 3 rings (SSSR count). The highest BCUT2D eigenvalue weighted by atomic mass is 32.2. The Morgan fingerprint density at radius 2 is 1.81 bits per heavy atom. The number of hydrogen-bond acceptors (Lipinski definition) is 6. The van der Waals surface area contributed by atoms with Crippen LogP contribution in [0.5, 0.6) is 11.5 Å². The number of methoxy groups -OCH3 is 1. The van der Waals surface area contributed by atoms with E-state index in [-0.39, 0.29) is 17.9 Å². The summed E-state index contributed by atoms with van der Waals surface area (Å²) in [6, 6.07) is 7.58. The molecule has 2 aromatic carbocycles. The molecule has 2 aromatic rings. The van der Waals surface area contributed by atoms with Gasteiger partial charge in [0.15, 0.2) is 11.5 Å². The van der Waals surface area contributed by atoms with E-state index in [9.17, 15) is 17.6 Å². The fraction of sp³-hybridized carbons (Fsp3) is 0.409. The van der Waals surface area contributed by atoms with Gasteiger partial charge in [-0.1, -0.05) is 6.07 Å². The highest BCUT2D eigenvalue weighted by molar-refractivity contribution is 7.89. The van der Waals surface area contributed by atoms with Gasteiger partial charge in [0.25, 0.3) is 0 Å². The zero-order chi connectivity index (χ0) is 22.6. The van der Waals surface area contributed by atoms with Crippen molar-refractivity contribution in [2.24, 2.45) is 0 Å². The average molecular weight is 452 g/mol. The first-order valence-corrected chi connectivity index (χ1v) is 11.5. The van der Waals surface area contributed by atoms with Crippen LogP contribution in [0.15, 0.2) is 41.3 Å². The Kier molecular flexibility index (Phi) is 7.17. The van der Waals surface area contributed by atoms with Crippen LogP contribution in [-0.4, -0.2) is 45.6 Å². The molecule has 0 N–H and O–H groups in total. The standard InChI is InChI=1S/C22H26FNO6S/c1-4-29-20-11-15-9-10-24(31(26,27)17-8-6-7-16(23)12-17)19(14-22(25)28-3)18(15)13-21(20)30-5-2/h6-8,11-13,19H,4-5,9-10,14H2,1-3H3/t19-/m1/s1. The maximum Gasteiger partial charge on any atom is 0.307 e. The maximum absolute atomic E-state index is 13.7. The third-order valence-corrected chi connectivity index (χ3v) is 7.01. The van der Waals surface area contributed by atoms with Gasteiger partial charge >= 0.3 is 5.97 Å². The lowest BCUT2D eigenvalue weighted by molar-refractivity contribution is -0.141. The zero-order valence-corrected chi connectivity index (χ0v) is 18.6. The SMILES string of the molecule is CCOc1cc2c(cc1OCC)[C@@H](CC(=O)OC)N(S(=O)(=O)c1cccc(F)c1)CC2. The molecule has 0 saturated carbocycles. The molecule has 1 heterocycles. The Balaban J connectivity index is 2.11. The lowest BCUT2D eigenvalue weighted by Gasteiger charge is -2.36. The predicted octanol–water partition coefficient (Wildman–Crippen LogP) is 3.47. The van der Waals surface area contributed by atoms with Crippen LogP contribution in [0.25, 0.3) is 0 Å². The first kappa shape index (κ1) is 23.0. The van der Waals surface area contributed by atoms with Crippen molar-refractivity contribution in [3.05, 3.63) is 53.3 Å². The Morgan fingerprint density at radius 1 is 1.13 bits per heavy atom. The third kappa shape index (κ3) is 4.83. The fourth-order valence-electron chi connectivity index (χ4n) is 3.73. The van der Waals surface area contributed by atoms with Gasteiger partial charge in [-0.05, 0) is 61.7 Å². The van der Waals surface area contributed by atoms with Crippen molar-refractivity contribution >= 4 is 16.0 Å². The van der Waals surface area contributed by atoms with Crippen LogP contribution in [0.1, 0.15) is 37.4 Å². The average Bonchev–Trinajstić information content (AvgIpc) is 2.74. The summed E-state index contributed by atoms with van der Waals surface area (Å²) < 4.78 is 57.9. The molecule has 1 aliphatic rings. The van der Waals surface area contributed by atoms with Gasteiger partial charge in [-0.2, -0.15) is 4.31 Å². The van der Waals surface area contributed by atoms with Gasteiger partial charge in [0.2, 0.25) is 10.0 Å². The smallest absolute Gasteiger partial charge is 0.307 e. The van der Waals surface area contributed by atoms with Crippen molar-refractivity contribution in [3.8, 4) is 11.5 Å². The molecule has 0 bridgehead atoms. The molecule has 0 saturated heterocycles. The number of carbonyl (C=O) groups is 1. The van der Waals surface area contributed by atoms with Gasteiger partial charge in [0.1, 0.15) is 5.82 Å². The van der Waals surface area contributed by atoms with Gasteiger partial charge in [0.05, 0.1) is 37.7 Å². The monoisotopic (exact) mass is 451 g/mol. The Bertz CT molecular complexity index is 1060. The van der Waals surface area contributed by atoms with Gasteiger partial charge in [-0.15, -0.1) is 0 Å². The zero-order valence-electron chi connectivity index (χ0n) is 17.8. The summed E-state index contributed by atoms with van der Waals surface area (Å²) in [4.78, 5) is 12.0. The number of halogens is 1. The molecule has 0 unspecified atom stereocenters. The largest absolute Gasteiger partial charge is 0.490 e. The third-order valence-electron chi connectivity index (χ3n) is 5.10. The number of carbonyl (C=O) groups excluding carboxylic acids is 1. The van der Waals surface area contributed by atoms with E-state index in [1.165, 1.54) is 29.6 Å². The summed E-state index contributed by atoms with van der Waals surface area (Å²) in [7, 11) is -2.81. The Morgan fingerprint density at radius 3 is 2.42 bits per heavy atom. The van der Waals surface area contributed by atoms with Crippen molar-refractivity contribution in [1.29, 1.82) is 0 Å². The van der Waals surface area contributed by atoms with Crippen LogP contribution in [0.3, 0.4) is 0 Å². The number of fused-ring (bicyclic) bond motifs is 1. The molecule has 9 heteroatoms. The summed E-state index contributed by atoms with van der Waals surface area (Å²) in [6.07, 6.45) is 0.228. The van der Waals surface area contributed by atoms with E-state index in [4.69, 9.17) is 14.2 Å². The van der Waals surface area contributed by atoms with Crippen molar-refractivity contribution in [3.63, 3.8) is 0 Å². The second-order valence-corrected chi connectivity index (χ2v) is 8.87. The first-order chi connectivity index (χ1) is 14.8. The Hall–Kier alpha value is -2.65. The van der Waals surface area contributed by atoms with Crippen molar-refractivity contribution in [2.75, 3.05) is 26.9 Å². The van der Waals surface area contributed by atoms with Crippen LogP contribution in [0.4, 0.5) is 4.39 Å². The predicted molar refractivity (Wildman–Crippen MR) is 112 cm³/mol. The van der Waals surface area contributed by atoms with Gasteiger partial charge < -0.3 is 14.2 Å². The lowest BCUT2D eigenvalue weighted by Crippen LogP contribution is -2.41.